The predicted octanol–water partition coefficient (Wildman–Crippen LogP) is 1.20. The quantitative estimate of drug-likeness (QED) is 0.866. The van der Waals surface area contributed by atoms with E-state index in [0.29, 0.717) is 4.21 Å². The number of hydrogen-bond donors (Lipinski definition) is 1. The first kappa shape index (κ1) is 12.0. The summed E-state index contributed by atoms with van der Waals surface area (Å²) in [5.74, 6) is 0. The Labute approximate surface area is 99.6 Å². The van der Waals surface area contributed by atoms with Gasteiger partial charge in [-0.2, -0.15) is 4.31 Å². The standard InChI is InChI=1S/C10H15NO3S2/c1-8-2-5-10(15-8)16(13,14)11(6-7-12)9-3-4-9/h2,5,9,12H,3-4,6-7H2,1H3. The minimum Gasteiger partial charge on any atom is -0.395 e. The molecule has 1 saturated carbocycles. The number of hydrogen-bond acceptors (Lipinski definition) is 4. The van der Waals surface area contributed by atoms with Crippen LogP contribution in [-0.2, 0) is 10.0 Å². The molecule has 1 aliphatic carbocycles. The van der Waals surface area contributed by atoms with Gasteiger partial charge in [-0.15, -0.1) is 11.3 Å². The molecule has 0 atom stereocenters. The summed E-state index contributed by atoms with van der Waals surface area (Å²) in [6.45, 7) is 1.96. The average Bonchev–Trinajstić information content (AvgIpc) is 2.96. The van der Waals surface area contributed by atoms with Crippen molar-refractivity contribution in [3.8, 4) is 0 Å². The number of sulfonamides is 1. The third-order valence-corrected chi connectivity index (χ3v) is 5.97. The molecule has 0 aromatic carbocycles. The molecule has 0 aliphatic heterocycles. The van der Waals surface area contributed by atoms with Gasteiger partial charge in [0.05, 0.1) is 6.61 Å². The molecule has 1 N–H and O–H groups in total. The van der Waals surface area contributed by atoms with Gasteiger partial charge in [-0.25, -0.2) is 8.42 Å². The zero-order valence-corrected chi connectivity index (χ0v) is 10.7. The van der Waals surface area contributed by atoms with Crippen molar-refractivity contribution < 1.29 is 13.5 Å². The van der Waals surface area contributed by atoms with E-state index in [1.807, 2.05) is 13.0 Å². The van der Waals surface area contributed by atoms with Crippen molar-refractivity contribution in [1.82, 2.24) is 4.31 Å². The highest BCUT2D eigenvalue weighted by molar-refractivity contribution is 7.91. The third kappa shape index (κ3) is 2.29. The van der Waals surface area contributed by atoms with Gasteiger partial charge in [0, 0.05) is 17.5 Å². The van der Waals surface area contributed by atoms with Crippen molar-refractivity contribution in [3.05, 3.63) is 17.0 Å². The van der Waals surface area contributed by atoms with Gasteiger partial charge in [0.25, 0.3) is 10.0 Å². The fraction of sp³-hybridized carbons (Fsp3) is 0.600. The first-order valence-corrected chi connectivity index (χ1v) is 7.50. The lowest BCUT2D eigenvalue weighted by atomic mass is 10.5. The lowest BCUT2D eigenvalue weighted by Gasteiger charge is -2.19. The first-order valence-electron chi connectivity index (χ1n) is 5.25. The average molecular weight is 261 g/mol. The highest BCUT2D eigenvalue weighted by Crippen LogP contribution is 2.33. The number of nitrogens with zero attached hydrogens (tertiary/aromatic N) is 1. The summed E-state index contributed by atoms with van der Waals surface area (Å²) < 4.78 is 26.3. The molecule has 1 aromatic heterocycles. The summed E-state index contributed by atoms with van der Waals surface area (Å²) in [4.78, 5) is 0.985. The minimum atomic E-state index is -3.39. The molecule has 2 rings (SSSR count). The molecular formula is C10H15NO3S2. The summed E-state index contributed by atoms with van der Waals surface area (Å²) in [5, 5.41) is 8.93. The maximum Gasteiger partial charge on any atom is 0.252 e. The Bertz CT molecular complexity index is 462. The normalized spacial score (nSPS) is 16.9. The van der Waals surface area contributed by atoms with Crippen LogP contribution in [0.4, 0.5) is 0 Å². The van der Waals surface area contributed by atoms with Crippen molar-refractivity contribution in [1.29, 1.82) is 0 Å². The second kappa shape index (κ2) is 4.44. The van der Waals surface area contributed by atoms with Crippen LogP contribution in [0.15, 0.2) is 16.3 Å². The van der Waals surface area contributed by atoms with Crippen LogP contribution in [0.5, 0.6) is 0 Å². The molecular weight excluding hydrogens is 246 g/mol. The molecule has 1 aromatic rings. The molecule has 1 fully saturated rings. The Balaban J connectivity index is 2.28. The Kier molecular flexibility index (Phi) is 3.34. The van der Waals surface area contributed by atoms with Crippen molar-refractivity contribution in [2.24, 2.45) is 0 Å². The number of aliphatic hydroxyl groups excluding tert-OH is 1. The monoisotopic (exact) mass is 261 g/mol. The van der Waals surface area contributed by atoms with E-state index in [1.54, 1.807) is 6.07 Å². The van der Waals surface area contributed by atoms with Crippen LogP contribution in [0.25, 0.3) is 0 Å². The molecule has 0 saturated heterocycles. The molecule has 16 heavy (non-hydrogen) atoms. The van der Waals surface area contributed by atoms with Crippen LogP contribution in [0.1, 0.15) is 17.7 Å². The number of thiophene rings is 1. The highest BCUT2D eigenvalue weighted by Gasteiger charge is 2.38. The number of rotatable bonds is 5. The Morgan fingerprint density at radius 2 is 2.19 bits per heavy atom. The number of aliphatic hydroxyl groups is 1. The second-order valence-electron chi connectivity index (χ2n) is 3.94. The highest BCUT2D eigenvalue weighted by atomic mass is 32.2. The van der Waals surface area contributed by atoms with Gasteiger partial charge in [-0.3, -0.25) is 0 Å². The molecule has 1 aliphatic rings. The summed E-state index contributed by atoms with van der Waals surface area (Å²) in [5.41, 5.74) is 0. The van der Waals surface area contributed by atoms with E-state index in [9.17, 15) is 8.42 Å². The minimum absolute atomic E-state index is 0.0968. The lowest BCUT2D eigenvalue weighted by molar-refractivity contribution is 0.250. The smallest absolute Gasteiger partial charge is 0.252 e. The fourth-order valence-corrected chi connectivity index (χ4v) is 4.72. The summed E-state index contributed by atoms with van der Waals surface area (Å²) >= 11 is 1.28. The zero-order valence-electron chi connectivity index (χ0n) is 9.09. The van der Waals surface area contributed by atoms with Crippen molar-refractivity contribution >= 4 is 21.4 Å². The van der Waals surface area contributed by atoms with Gasteiger partial charge in [0.2, 0.25) is 0 Å². The zero-order chi connectivity index (χ0) is 11.8. The number of aryl methyl sites for hydroxylation is 1. The van der Waals surface area contributed by atoms with Gasteiger partial charge in [0.15, 0.2) is 0 Å². The summed E-state index contributed by atoms with van der Waals surface area (Å²) in [7, 11) is -3.39. The van der Waals surface area contributed by atoms with E-state index in [1.165, 1.54) is 15.6 Å². The molecule has 4 nitrogen and oxygen atoms in total. The van der Waals surface area contributed by atoms with E-state index in [4.69, 9.17) is 5.11 Å². The maximum atomic E-state index is 12.2. The second-order valence-corrected chi connectivity index (χ2v) is 7.34. The Morgan fingerprint density at radius 1 is 1.50 bits per heavy atom. The van der Waals surface area contributed by atoms with Gasteiger partial charge in [-0.1, -0.05) is 0 Å². The fourth-order valence-electron chi connectivity index (χ4n) is 1.63. The van der Waals surface area contributed by atoms with E-state index in [0.717, 1.165) is 17.7 Å². The van der Waals surface area contributed by atoms with Crippen molar-refractivity contribution in [3.63, 3.8) is 0 Å². The van der Waals surface area contributed by atoms with E-state index in [-0.39, 0.29) is 19.2 Å². The largest absolute Gasteiger partial charge is 0.395 e. The van der Waals surface area contributed by atoms with Gasteiger partial charge in [0.1, 0.15) is 4.21 Å². The molecule has 0 amide bonds. The van der Waals surface area contributed by atoms with Crippen LogP contribution < -0.4 is 0 Å². The summed E-state index contributed by atoms with van der Waals surface area (Å²) in [6.07, 6.45) is 1.81. The van der Waals surface area contributed by atoms with E-state index < -0.39 is 10.0 Å². The van der Waals surface area contributed by atoms with Crippen LogP contribution >= 0.6 is 11.3 Å². The lowest BCUT2D eigenvalue weighted by Crippen LogP contribution is -2.35. The van der Waals surface area contributed by atoms with E-state index in [2.05, 4.69) is 0 Å². The third-order valence-electron chi connectivity index (χ3n) is 2.55. The van der Waals surface area contributed by atoms with E-state index >= 15 is 0 Å². The van der Waals surface area contributed by atoms with Crippen LogP contribution in [0.3, 0.4) is 0 Å². The Hall–Kier alpha value is -0.430. The summed E-state index contributed by atoms with van der Waals surface area (Å²) in [6, 6.07) is 3.54. The van der Waals surface area contributed by atoms with Gasteiger partial charge in [-0.05, 0) is 31.9 Å². The van der Waals surface area contributed by atoms with Crippen molar-refractivity contribution in [2.45, 2.75) is 30.0 Å². The molecule has 1 heterocycles. The predicted molar refractivity (Wildman–Crippen MR) is 63.1 cm³/mol. The molecule has 0 radical (unpaired) electrons. The van der Waals surface area contributed by atoms with Crippen LogP contribution in [0, 0.1) is 6.92 Å². The molecule has 0 spiro atoms. The first-order chi connectivity index (χ1) is 7.55. The van der Waals surface area contributed by atoms with Gasteiger partial charge < -0.3 is 5.11 Å². The maximum absolute atomic E-state index is 12.2. The molecule has 90 valence electrons. The van der Waals surface area contributed by atoms with Gasteiger partial charge >= 0.3 is 0 Å². The Morgan fingerprint density at radius 3 is 2.62 bits per heavy atom. The molecule has 6 heteroatoms. The molecule has 0 unspecified atom stereocenters. The molecule has 0 bridgehead atoms. The topological polar surface area (TPSA) is 57.6 Å². The van der Waals surface area contributed by atoms with Crippen molar-refractivity contribution in [2.75, 3.05) is 13.2 Å². The SMILES string of the molecule is Cc1ccc(S(=O)(=O)N(CCO)C2CC2)s1. The van der Waals surface area contributed by atoms with Crippen LogP contribution in [-0.4, -0.2) is 37.0 Å². The van der Waals surface area contributed by atoms with Crippen LogP contribution in [0.2, 0.25) is 0 Å².